The van der Waals surface area contributed by atoms with Gasteiger partial charge in [0.2, 0.25) is 0 Å². The fourth-order valence-electron chi connectivity index (χ4n) is 1.59. The molecule has 0 aliphatic rings. The van der Waals surface area contributed by atoms with Crippen LogP contribution >= 0.6 is 11.3 Å². The van der Waals surface area contributed by atoms with Gasteiger partial charge in [-0.25, -0.2) is 4.79 Å². The van der Waals surface area contributed by atoms with Crippen molar-refractivity contribution in [3.63, 3.8) is 0 Å². The molecule has 0 fully saturated rings. The van der Waals surface area contributed by atoms with E-state index < -0.39 is 5.97 Å². The van der Waals surface area contributed by atoms with Crippen molar-refractivity contribution in [2.75, 3.05) is 12.3 Å². The Hall–Kier alpha value is -2.25. The Kier molecular flexibility index (Phi) is 3.66. The predicted molar refractivity (Wildman–Crippen MR) is 73.3 cm³/mol. The van der Waals surface area contributed by atoms with Gasteiger partial charge in [-0.1, -0.05) is 36.3 Å². The number of terminal acetylenes is 1. The highest BCUT2D eigenvalue weighted by molar-refractivity contribution is 7.14. The summed E-state index contributed by atoms with van der Waals surface area (Å²) in [6.45, 7) is -0.0532. The van der Waals surface area contributed by atoms with Gasteiger partial charge in [0.25, 0.3) is 0 Å². The summed E-state index contributed by atoms with van der Waals surface area (Å²) in [5, 5.41) is 2.29. The molecule has 0 atom stereocenters. The van der Waals surface area contributed by atoms with E-state index >= 15 is 0 Å². The summed E-state index contributed by atoms with van der Waals surface area (Å²) >= 11 is 1.31. The molecule has 0 radical (unpaired) electrons. The van der Waals surface area contributed by atoms with Gasteiger partial charge in [-0.3, -0.25) is 0 Å². The van der Waals surface area contributed by atoms with Crippen molar-refractivity contribution in [2.24, 2.45) is 0 Å². The van der Waals surface area contributed by atoms with Gasteiger partial charge in [0, 0.05) is 10.9 Å². The number of anilines is 1. The van der Waals surface area contributed by atoms with Gasteiger partial charge in [-0.15, -0.1) is 17.8 Å². The van der Waals surface area contributed by atoms with Gasteiger partial charge in [0.15, 0.2) is 6.61 Å². The van der Waals surface area contributed by atoms with E-state index in [0.29, 0.717) is 10.6 Å². The maximum atomic E-state index is 11.9. The number of benzene rings is 1. The number of hydrogen-bond acceptors (Lipinski definition) is 4. The SMILES string of the molecule is C#CCOC(=O)c1c(-c2ccccc2)csc1N. The Morgan fingerprint density at radius 1 is 1.39 bits per heavy atom. The van der Waals surface area contributed by atoms with Crippen LogP contribution in [0.1, 0.15) is 10.4 Å². The van der Waals surface area contributed by atoms with E-state index in [1.807, 2.05) is 35.7 Å². The van der Waals surface area contributed by atoms with Gasteiger partial charge in [0.05, 0.1) is 0 Å². The van der Waals surface area contributed by atoms with Gasteiger partial charge in [0.1, 0.15) is 10.6 Å². The van der Waals surface area contributed by atoms with Crippen LogP contribution in [0.25, 0.3) is 11.1 Å². The summed E-state index contributed by atoms with van der Waals surface area (Å²) in [4.78, 5) is 11.9. The van der Waals surface area contributed by atoms with E-state index in [0.717, 1.165) is 11.1 Å². The second kappa shape index (κ2) is 5.39. The molecule has 0 spiro atoms. The van der Waals surface area contributed by atoms with Crippen molar-refractivity contribution in [1.82, 2.24) is 0 Å². The van der Waals surface area contributed by atoms with Crippen LogP contribution in [0.3, 0.4) is 0 Å². The summed E-state index contributed by atoms with van der Waals surface area (Å²) in [7, 11) is 0. The summed E-state index contributed by atoms with van der Waals surface area (Å²) < 4.78 is 4.93. The molecule has 2 N–H and O–H groups in total. The lowest BCUT2D eigenvalue weighted by Gasteiger charge is -2.04. The molecule has 1 aromatic carbocycles. The third-order valence-corrected chi connectivity index (χ3v) is 3.21. The number of hydrogen-bond donors (Lipinski definition) is 1. The number of thiophene rings is 1. The van der Waals surface area contributed by atoms with Crippen LogP contribution in [0.15, 0.2) is 35.7 Å². The molecule has 0 bridgehead atoms. The minimum Gasteiger partial charge on any atom is -0.449 e. The van der Waals surface area contributed by atoms with Crippen molar-refractivity contribution >= 4 is 22.3 Å². The first kappa shape index (κ1) is 12.2. The van der Waals surface area contributed by atoms with Crippen LogP contribution in [0.5, 0.6) is 0 Å². The molecule has 0 aliphatic heterocycles. The maximum Gasteiger partial charge on any atom is 0.342 e. The largest absolute Gasteiger partial charge is 0.449 e. The molecule has 3 nitrogen and oxygen atoms in total. The van der Waals surface area contributed by atoms with Crippen molar-refractivity contribution in [3.05, 3.63) is 41.3 Å². The monoisotopic (exact) mass is 257 g/mol. The minimum absolute atomic E-state index is 0.0532. The lowest BCUT2D eigenvalue weighted by atomic mass is 10.0. The molecule has 0 saturated carbocycles. The number of carbonyl (C=O) groups is 1. The quantitative estimate of drug-likeness (QED) is 0.679. The Balaban J connectivity index is 2.40. The highest BCUT2D eigenvalue weighted by Crippen LogP contribution is 2.33. The summed E-state index contributed by atoms with van der Waals surface area (Å²) in [6, 6.07) is 9.55. The average molecular weight is 257 g/mol. The normalized spacial score (nSPS) is 9.72. The first-order chi connectivity index (χ1) is 8.74. The second-order valence-electron chi connectivity index (χ2n) is 3.53. The van der Waals surface area contributed by atoms with Gasteiger partial charge >= 0.3 is 5.97 Å². The molecule has 4 heteroatoms. The first-order valence-corrected chi connectivity index (χ1v) is 6.15. The zero-order valence-corrected chi connectivity index (χ0v) is 10.4. The summed E-state index contributed by atoms with van der Waals surface area (Å²) in [5.41, 5.74) is 7.91. The number of nitrogens with two attached hydrogens (primary N) is 1. The Morgan fingerprint density at radius 3 is 2.78 bits per heavy atom. The molecule has 0 saturated heterocycles. The molecule has 2 aromatic rings. The third kappa shape index (κ3) is 2.36. The van der Waals surface area contributed by atoms with Crippen LogP contribution in [0.4, 0.5) is 5.00 Å². The predicted octanol–water partition coefficient (Wildman–Crippen LogP) is 2.79. The number of ether oxygens (including phenoxy) is 1. The highest BCUT2D eigenvalue weighted by atomic mass is 32.1. The fraction of sp³-hybridized carbons (Fsp3) is 0.0714. The van der Waals surface area contributed by atoms with Crippen molar-refractivity contribution < 1.29 is 9.53 Å². The lowest BCUT2D eigenvalue weighted by molar-refractivity contribution is 0.0559. The number of esters is 1. The van der Waals surface area contributed by atoms with E-state index in [1.54, 1.807) is 0 Å². The van der Waals surface area contributed by atoms with E-state index in [9.17, 15) is 4.79 Å². The zero-order valence-electron chi connectivity index (χ0n) is 9.55. The molecule has 0 amide bonds. The van der Waals surface area contributed by atoms with Gasteiger partial charge < -0.3 is 10.5 Å². The fourth-order valence-corrected chi connectivity index (χ4v) is 2.40. The molecule has 0 aliphatic carbocycles. The minimum atomic E-state index is -0.481. The number of nitrogen functional groups attached to an aromatic ring is 1. The van der Waals surface area contributed by atoms with Gasteiger partial charge in [-0.05, 0) is 5.56 Å². The number of carbonyl (C=O) groups excluding carboxylic acids is 1. The highest BCUT2D eigenvalue weighted by Gasteiger charge is 2.19. The Morgan fingerprint density at radius 2 is 2.11 bits per heavy atom. The second-order valence-corrected chi connectivity index (χ2v) is 4.45. The zero-order chi connectivity index (χ0) is 13.0. The van der Waals surface area contributed by atoms with Crippen LogP contribution < -0.4 is 5.73 Å². The number of rotatable bonds is 3. The maximum absolute atomic E-state index is 11.9. The summed E-state index contributed by atoms with van der Waals surface area (Å²) in [5.74, 6) is 1.78. The van der Waals surface area contributed by atoms with Crippen molar-refractivity contribution in [1.29, 1.82) is 0 Å². The molecule has 1 aromatic heterocycles. The standard InChI is InChI=1S/C14H11NO2S/c1-2-8-17-14(16)12-11(9-18-13(12)15)10-6-4-3-5-7-10/h1,3-7,9H,8,15H2. The molecule has 18 heavy (non-hydrogen) atoms. The van der Waals surface area contributed by atoms with Crippen LogP contribution in [0, 0.1) is 12.3 Å². The first-order valence-electron chi connectivity index (χ1n) is 5.27. The lowest BCUT2D eigenvalue weighted by Crippen LogP contribution is -2.07. The molecule has 90 valence electrons. The van der Waals surface area contributed by atoms with E-state index in [2.05, 4.69) is 5.92 Å². The third-order valence-electron chi connectivity index (χ3n) is 2.39. The molecular weight excluding hydrogens is 246 g/mol. The van der Waals surface area contributed by atoms with Crippen LogP contribution in [0.2, 0.25) is 0 Å². The smallest absolute Gasteiger partial charge is 0.342 e. The molecule has 0 unspecified atom stereocenters. The van der Waals surface area contributed by atoms with E-state index in [4.69, 9.17) is 16.9 Å². The molecular formula is C14H11NO2S. The Bertz CT molecular complexity index is 596. The molecule has 2 rings (SSSR count). The molecule has 1 heterocycles. The Labute approximate surface area is 109 Å². The topological polar surface area (TPSA) is 52.3 Å². The van der Waals surface area contributed by atoms with E-state index in [-0.39, 0.29) is 6.61 Å². The van der Waals surface area contributed by atoms with Gasteiger partial charge in [-0.2, -0.15) is 0 Å². The van der Waals surface area contributed by atoms with E-state index in [1.165, 1.54) is 11.3 Å². The average Bonchev–Trinajstić information content (AvgIpc) is 2.79. The summed E-state index contributed by atoms with van der Waals surface area (Å²) in [6.07, 6.45) is 5.06. The van der Waals surface area contributed by atoms with Crippen LogP contribution in [-0.2, 0) is 4.74 Å². The van der Waals surface area contributed by atoms with Crippen molar-refractivity contribution in [3.8, 4) is 23.5 Å². The van der Waals surface area contributed by atoms with Crippen molar-refractivity contribution in [2.45, 2.75) is 0 Å². The van der Waals surface area contributed by atoms with Crippen LogP contribution in [-0.4, -0.2) is 12.6 Å².